The SMILES string of the molecule is C[C@@H](O)CNc1ccc(F)cc1F. The zero-order chi connectivity index (χ0) is 9.84. The van der Waals surface area contributed by atoms with Crippen LogP contribution in [0.5, 0.6) is 0 Å². The minimum absolute atomic E-state index is 0.197. The number of nitrogens with one attached hydrogen (secondary N) is 1. The number of benzene rings is 1. The van der Waals surface area contributed by atoms with E-state index < -0.39 is 17.7 Å². The summed E-state index contributed by atoms with van der Waals surface area (Å²) in [5.41, 5.74) is 0.197. The normalized spacial score (nSPS) is 12.6. The number of rotatable bonds is 3. The molecule has 0 aliphatic carbocycles. The van der Waals surface area contributed by atoms with Gasteiger partial charge in [-0.2, -0.15) is 0 Å². The summed E-state index contributed by atoms with van der Waals surface area (Å²) in [6.45, 7) is 1.82. The van der Waals surface area contributed by atoms with Gasteiger partial charge in [-0.1, -0.05) is 0 Å². The number of aliphatic hydroxyl groups is 1. The Labute approximate surface area is 75.2 Å². The minimum atomic E-state index is -0.652. The van der Waals surface area contributed by atoms with E-state index in [2.05, 4.69) is 5.32 Å². The molecule has 2 N–H and O–H groups in total. The van der Waals surface area contributed by atoms with E-state index in [-0.39, 0.29) is 12.2 Å². The fourth-order valence-corrected chi connectivity index (χ4v) is 0.891. The minimum Gasteiger partial charge on any atom is -0.392 e. The molecule has 0 bridgehead atoms. The molecule has 1 aromatic rings. The lowest BCUT2D eigenvalue weighted by atomic mass is 10.3. The van der Waals surface area contributed by atoms with Crippen molar-refractivity contribution in [1.82, 2.24) is 0 Å². The van der Waals surface area contributed by atoms with Crippen LogP contribution in [-0.2, 0) is 0 Å². The van der Waals surface area contributed by atoms with Crippen LogP contribution in [-0.4, -0.2) is 17.8 Å². The van der Waals surface area contributed by atoms with Gasteiger partial charge in [-0.25, -0.2) is 8.78 Å². The number of hydrogen-bond donors (Lipinski definition) is 2. The molecule has 0 fully saturated rings. The molecule has 1 rings (SSSR count). The zero-order valence-corrected chi connectivity index (χ0v) is 7.22. The third-order valence-corrected chi connectivity index (χ3v) is 1.52. The fraction of sp³-hybridized carbons (Fsp3) is 0.333. The molecule has 0 aliphatic rings. The van der Waals surface area contributed by atoms with Crippen LogP contribution in [0.4, 0.5) is 14.5 Å². The van der Waals surface area contributed by atoms with Crippen LogP contribution in [0.3, 0.4) is 0 Å². The smallest absolute Gasteiger partial charge is 0.149 e. The number of halogens is 2. The van der Waals surface area contributed by atoms with E-state index in [0.29, 0.717) is 0 Å². The van der Waals surface area contributed by atoms with Gasteiger partial charge >= 0.3 is 0 Å². The maximum atomic E-state index is 12.9. The van der Waals surface area contributed by atoms with Gasteiger partial charge in [-0.05, 0) is 19.1 Å². The van der Waals surface area contributed by atoms with Gasteiger partial charge in [-0.3, -0.25) is 0 Å². The van der Waals surface area contributed by atoms with E-state index in [0.717, 1.165) is 12.1 Å². The maximum Gasteiger partial charge on any atom is 0.149 e. The van der Waals surface area contributed by atoms with Crippen molar-refractivity contribution < 1.29 is 13.9 Å². The fourth-order valence-electron chi connectivity index (χ4n) is 0.891. The molecule has 0 spiro atoms. The molecule has 0 saturated heterocycles. The third-order valence-electron chi connectivity index (χ3n) is 1.52. The Hall–Kier alpha value is -1.16. The Bertz CT molecular complexity index is 289. The molecular formula is C9H11F2NO. The van der Waals surface area contributed by atoms with Crippen molar-refractivity contribution >= 4 is 5.69 Å². The van der Waals surface area contributed by atoms with Crippen molar-refractivity contribution in [2.45, 2.75) is 13.0 Å². The molecule has 13 heavy (non-hydrogen) atoms. The van der Waals surface area contributed by atoms with Gasteiger partial charge in [0.1, 0.15) is 11.6 Å². The Kier molecular flexibility index (Phi) is 3.19. The molecule has 2 nitrogen and oxygen atoms in total. The number of aliphatic hydroxyl groups excluding tert-OH is 1. The van der Waals surface area contributed by atoms with E-state index in [1.54, 1.807) is 6.92 Å². The van der Waals surface area contributed by atoms with Gasteiger partial charge in [0.15, 0.2) is 0 Å². The van der Waals surface area contributed by atoms with E-state index in [1.807, 2.05) is 0 Å². The van der Waals surface area contributed by atoms with Crippen LogP contribution >= 0.6 is 0 Å². The molecular weight excluding hydrogens is 176 g/mol. The van der Waals surface area contributed by atoms with Crippen LogP contribution in [0.15, 0.2) is 18.2 Å². The highest BCUT2D eigenvalue weighted by Gasteiger charge is 2.03. The first-order chi connectivity index (χ1) is 6.09. The van der Waals surface area contributed by atoms with Gasteiger partial charge in [0.05, 0.1) is 11.8 Å². The van der Waals surface area contributed by atoms with Gasteiger partial charge in [0.25, 0.3) is 0 Å². The molecule has 0 aromatic heterocycles. The lowest BCUT2D eigenvalue weighted by Crippen LogP contribution is -2.16. The standard InChI is InChI=1S/C9H11F2NO/c1-6(13)5-12-9-3-2-7(10)4-8(9)11/h2-4,6,12-13H,5H2,1H3/t6-/m1/s1. The summed E-state index contributed by atoms with van der Waals surface area (Å²) in [5.74, 6) is -1.26. The second-order valence-electron chi connectivity index (χ2n) is 2.85. The van der Waals surface area contributed by atoms with Crippen molar-refractivity contribution in [2.75, 3.05) is 11.9 Å². The summed E-state index contributed by atoms with van der Waals surface area (Å²) in [4.78, 5) is 0. The third kappa shape index (κ3) is 2.99. The molecule has 0 saturated carbocycles. The molecule has 0 heterocycles. The predicted molar refractivity (Wildman–Crippen MR) is 46.5 cm³/mol. The first kappa shape index (κ1) is 9.92. The molecule has 1 aromatic carbocycles. The van der Waals surface area contributed by atoms with E-state index in [9.17, 15) is 8.78 Å². The first-order valence-corrected chi connectivity index (χ1v) is 3.96. The van der Waals surface area contributed by atoms with E-state index in [4.69, 9.17) is 5.11 Å². The van der Waals surface area contributed by atoms with Crippen molar-refractivity contribution in [3.63, 3.8) is 0 Å². The van der Waals surface area contributed by atoms with Crippen molar-refractivity contribution in [3.05, 3.63) is 29.8 Å². The van der Waals surface area contributed by atoms with Crippen LogP contribution < -0.4 is 5.32 Å². The predicted octanol–water partition coefficient (Wildman–Crippen LogP) is 1.76. The summed E-state index contributed by atoms with van der Waals surface area (Å²) in [5, 5.41) is 11.5. The van der Waals surface area contributed by atoms with Crippen LogP contribution in [0.25, 0.3) is 0 Å². The van der Waals surface area contributed by atoms with Crippen LogP contribution in [0.2, 0.25) is 0 Å². The van der Waals surface area contributed by atoms with Crippen molar-refractivity contribution in [1.29, 1.82) is 0 Å². The summed E-state index contributed by atoms with van der Waals surface area (Å²) in [6, 6.07) is 3.25. The molecule has 0 amide bonds. The lowest BCUT2D eigenvalue weighted by molar-refractivity contribution is 0.208. The van der Waals surface area contributed by atoms with E-state index in [1.165, 1.54) is 6.07 Å². The Balaban J connectivity index is 2.67. The van der Waals surface area contributed by atoms with E-state index >= 15 is 0 Å². The molecule has 0 unspecified atom stereocenters. The molecule has 72 valence electrons. The number of anilines is 1. The summed E-state index contributed by atoms with van der Waals surface area (Å²) < 4.78 is 25.3. The topological polar surface area (TPSA) is 32.3 Å². The second kappa shape index (κ2) is 4.18. The number of hydrogen-bond acceptors (Lipinski definition) is 2. The monoisotopic (exact) mass is 187 g/mol. The average Bonchev–Trinajstić information content (AvgIpc) is 2.02. The Morgan fingerprint density at radius 2 is 2.15 bits per heavy atom. The largest absolute Gasteiger partial charge is 0.392 e. The van der Waals surface area contributed by atoms with Gasteiger partial charge in [0.2, 0.25) is 0 Å². The molecule has 0 aliphatic heterocycles. The lowest BCUT2D eigenvalue weighted by Gasteiger charge is -2.08. The maximum absolute atomic E-state index is 12.9. The summed E-state index contributed by atoms with van der Waals surface area (Å²) in [6.07, 6.45) is -0.565. The molecule has 0 radical (unpaired) electrons. The highest BCUT2D eigenvalue weighted by molar-refractivity contribution is 5.44. The first-order valence-electron chi connectivity index (χ1n) is 3.96. The van der Waals surface area contributed by atoms with Gasteiger partial charge < -0.3 is 10.4 Å². The summed E-state index contributed by atoms with van der Waals surface area (Å²) in [7, 11) is 0. The average molecular weight is 187 g/mol. The summed E-state index contributed by atoms with van der Waals surface area (Å²) >= 11 is 0. The van der Waals surface area contributed by atoms with Gasteiger partial charge in [-0.15, -0.1) is 0 Å². The highest BCUT2D eigenvalue weighted by atomic mass is 19.1. The van der Waals surface area contributed by atoms with Gasteiger partial charge in [0, 0.05) is 12.6 Å². The second-order valence-corrected chi connectivity index (χ2v) is 2.85. The molecule has 4 heteroatoms. The van der Waals surface area contributed by atoms with Crippen molar-refractivity contribution in [3.8, 4) is 0 Å². The quantitative estimate of drug-likeness (QED) is 0.755. The van der Waals surface area contributed by atoms with Crippen LogP contribution in [0.1, 0.15) is 6.92 Å². The zero-order valence-electron chi connectivity index (χ0n) is 7.22. The molecule has 1 atom stereocenters. The Morgan fingerprint density at radius 1 is 1.46 bits per heavy atom. The van der Waals surface area contributed by atoms with Crippen LogP contribution in [0, 0.1) is 11.6 Å². The highest BCUT2D eigenvalue weighted by Crippen LogP contribution is 2.14. The Morgan fingerprint density at radius 3 is 2.69 bits per heavy atom. The van der Waals surface area contributed by atoms with Crippen molar-refractivity contribution in [2.24, 2.45) is 0 Å².